The lowest BCUT2D eigenvalue weighted by Crippen LogP contribution is -2.22. The van der Waals surface area contributed by atoms with Crippen molar-refractivity contribution < 1.29 is 48.6 Å². The minimum absolute atomic E-state index is 0.0609. The number of benzene rings is 4. The van der Waals surface area contributed by atoms with Gasteiger partial charge in [0.15, 0.2) is 0 Å². The van der Waals surface area contributed by atoms with Crippen molar-refractivity contribution in [3.8, 4) is 34.5 Å². The van der Waals surface area contributed by atoms with Gasteiger partial charge in [-0.15, -0.1) is 0 Å². The van der Waals surface area contributed by atoms with E-state index in [1.54, 1.807) is 54.6 Å². The Bertz CT molecular complexity index is 1640. The predicted octanol–water partition coefficient (Wildman–Crippen LogP) is 5.42. The number of hydrogen-bond donors (Lipinski definition) is 3. The van der Waals surface area contributed by atoms with E-state index in [-0.39, 0.29) is 46.8 Å². The Morgan fingerprint density at radius 2 is 1.00 bits per heavy atom. The van der Waals surface area contributed by atoms with Gasteiger partial charge in [-0.2, -0.15) is 0 Å². The fourth-order valence-corrected chi connectivity index (χ4v) is 5.11. The van der Waals surface area contributed by atoms with Crippen LogP contribution in [-0.2, 0) is 22.3 Å². The van der Waals surface area contributed by atoms with E-state index >= 15 is 0 Å². The zero-order chi connectivity index (χ0) is 30.7. The maximum absolute atomic E-state index is 13.8. The highest BCUT2D eigenvalue weighted by Gasteiger charge is 2.32. The first kappa shape index (κ1) is 29.1. The number of phenolic OH excluding ortho intramolecular Hbond substituents is 3. The van der Waals surface area contributed by atoms with Crippen molar-refractivity contribution in [1.82, 2.24) is 0 Å². The Hall–Kier alpha value is -5.38. The highest BCUT2D eigenvalue weighted by atomic mass is 16.6. The number of aromatic hydroxyl groups is 3. The van der Waals surface area contributed by atoms with E-state index in [0.717, 1.165) is 6.07 Å². The molecule has 0 aromatic heterocycles. The van der Waals surface area contributed by atoms with Gasteiger partial charge in [0.1, 0.15) is 57.8 Å². The van der Waals surface area contributed by atoms with Gasteiger partial charge in [-0.25, -0.2) is 9.59 Å². The van der Waals surface area contributed by atoms with Crippen LogP contribution < -0.4 is 14.2 Å². The van der Waals surface area contributed by atoms with Crippen LogP contribution in [0.1, 0.15) is 55.2 Å². The summed E-state index contributed by atoms with van der Waals surface area (Å²) >= 11 is 0. The van der Waals surface area contributed by atoms with E-state index in [1.807, 2.05) is 0 Å². The molecule has 10 heteroatoms. The summed E-state index contributed by atoms with van der Waals surface area (Å²) in [6.07, 6.45) is -2.16. The van der Waals surface area contributed by atoms with Gasteiger partial charge < -0.3 is 39.0 Å². The normalized spacial score (nSPS) is 16.8. The molecule has 0 fully saturated rings. The number of carbonyl (C=O) groups is 2. The van der Waals surface area contributed by atoms with Gasteiger partial charge in [-0.05, 0) is 58.7 Å². The van der Waals surface area contributed by atoms with Gasteiger partial charge in [-0.1, -0.05) is 24.3 Å². The van der Waals surface area contributed by atoms with Crippen LogP contribution >= 0.6 is 0 Å². The van der Waals surface area contributed by atoms with Gasteiger partial charge in [-0.3, -0.25) is 0 Å². The Labute approximate surface area is 247 Å². The first-order valence-electron chi connectivity index (χ1n) is 13.3. The monoisotopic (exact) mass is 586 g/mol. The number of methoxy groups -OCH3 is 3. The molecule has 0 amide bonds. The third-order valence-electron chi connectivity index (χ3n) is 7.29. The molecule has 1 aliphatic rings. The molecule has 1 heterocycles. The molecule has 2 atom stereocenters. The molecule has 4 aromatic carbocycles. The highest BCUT2D eigenvalue weighted by molar-refractivity contribution is 5.96. The van der Waals surface area contributed by atoms with Crippen LogP contribution in [-0.4, -0.2) is 48.6 Å². The zero-order valence-electron chi connectivity index (χ0n) is 23.7. The van der Waals surface area contributed by atoms with Crippen LogP contribution in [0.3, 0.4) is 0 Å². The summed E-state index contributed by atoms with van der Waals surface area (Å²) in [5, 5.41) is 32.1. The molecule has 0 aliphatic carbocycles. The van der Waals surface area contributed by atoms with E-state index in [1.165, 1.54) is 33.5 Å². The van der Waals surface area contributed by atoms with Crippen molar-refractivity contribution in [2.45, 2.75) is 25.0 Å². The fraction of sp³-hybridized carbons (Fsp3) is 0.212. The Balaban J connectivity index is 1.69. The van der Waals surface area contributed by atoms with Crippen LogP contribution in [0.2, 0.25) is 0 Å². The summed E-state index contributed by atoms with van der Waals surface area (Å²) in [7, 11) is 4.46. The van der Waals surface area contributed by atoms with Gasteiger partial charge in [0.05, 0.1) is 21.3 Å². The molecule has 0 saturated heterocycles. The molecule has 10 nitrogen and oxygen atoms in total. The maximum Gasteiger partial charge on any atom is 0.342 e. The fourth-order valence-electron chi connectivity index (χ4n) is 5.11. The standard InChI is InChI=1S/C33H30O10/c1-39-23-8-4-18(5-9-23)28-14-20-12-22(34)16-26(35)30(20)32(37)43-29(19-6-10-24(40-2)11-7-19)15-21-13-25(41-3)17-27(36)31(21)33(38)42-28/h4-13,16-17,28-29,34-36H,14-15H2,1-3H3/t28-,29-/m0/s1. The largest absolute Gasteiger partial charge is 0.508 e. The molecule has 0 bridgehead atoms. The van der Waals surface area contributed by atoms with Crippen molar-refractivity contribution >= 4 is 11.9 Å². The van der Waals surface area contributed by atoms with E-state index in [9.17, 15) is 24.9 Å². The van der Waals surface area contributed by atoms with Crippen LogP contribution in [0, 0.1) is 0 Å². The van der Waals surface area contributed by atoms with E-state index in [4.69, 9.17) is 23.7 Å². The molecular weight excluding hydrogens is 556 g/mol. The second-order valence-electron chi connectivity index (χ2n) is 9.92. The number of fused-ring (bicyclic) bond motifs is 2. The summed E-state index contributed by atoms with van der Waals surface area (Å²) in [5.41, 5.74) is 1.29. The summed E-state index contributed by atoms with van der Waals surface area (Å²) in [5.74, 6) is -1.43. The summed E-state index contributed by atoms with van der Waals surface area (Å²) < 4.78 is 27.8. The first-order chi connectivity index (χ1) is 20.7. The number of hydrogen-bond acceptors (Lipinski definition) is 10. The van der Waals surface area contributed by atoms with Crippen molar-refractivity contribution in [3.63, 3.8) is 0 Å². The smallest absolute Gasteiger partial charge is 0.342 e. The number of carbonyl (C=O) groups excluding carboxylic acids is 2. The van der Waals surface area contributed by atoms with Gasteiger partial charge in [0.2, 0.25) is 0 Å². The van der Waals surface area contributed by atoms with Crippen molar-refractivity contribution in [3.05, 3.63) is 106 Å². The van der Waals surface area contributed by atoms with E-state index in [2.05, 4.69) is 0 Å². The lowest BCUT2D eigenvalue weighted by atomic mass is 9.94. The SMILES string of the molecule is COc1ccc([C@@H]2Cc3cc(OC)cc(O)c3C(=O)O[C@H](c3ccc(OC)cc3)Cc3cc(O)cc(O)c3C(=O)O2)cc1. The topological polar surface area (TPSA) is 141 Å². The maximum atomic E-state index is 13.8. The average Bonchev–Trinajstić information content (AvgIpc) is 2.99. The van der Waals surface area contributed by atoms with Crippen LogP contribution in [0.4, 0.5) is 0 Å². The minimum atomic E-state index is -1.00. The Kier molecular flexibility index (Phi) is 8.29. The molecule has 0 radical (unpaired) electrons. The number of rotatable bonds is 5. The van der Waals surface area contributed by atoms with E-state index < -0.39 is 29.9 Å². The van der Waals surface area contributed by atoms with Crippen molar-refractivity contribution in [2.24, 2.45) is 0 Å². The van der Waals surface area contributed by atoms with Crippen molar-refractivity contribution in [1.29, 1.82) is 0 Å². The third kappa shape index (κ3) is 6.13. The van der Waals surface area contributed by atoms with Crippen LogP contribution in [0.5, 0.6) is 34.5 Å². The summed E-state index contributed by atoms with van der Waals surface area (Å²) in [6, 6.07) is 18.8. The van der Waals surface area contributed by atoms with Crippen LogP contribution in [0.15, 0.2) is 72.8 Å². The van der Waals surface area contributed by atoms with Gasteiger partial charge >= 0.3 is 11.9 Å². The second-order valence-corrected chi connectivity index (χ2v) is 9.92. The Morgan fingerprint density at radius 3 is 1.44 bits per heavy atom. The second kappa shape index (κ2) is 12.2. The highest BCUT2D eigenvalue weighted by Crippen LogP contribution is 2.39. The molecule has 1 aliphatic heterocycles. The lowest BCUT2D eigenvalue weighted by Gasteiger charge is -2.25. The number of phenols is 3. The molecule has 0 saturated carbocycles. The molecule has 5 rings (SSSR count). The average molecular weight is 587 g/mol. The molecular formula is C33H30O10. The molecule has 4 aromatic rings. The van der Waals surface area contributed by atoms with E-state index in [0.29, 0.717) is 28.2 Å². The zero-order valence-corrected chi connectivity index (χ0v) is 23.7. The third-order valence-corrected chi connectivity index (χ3v) is 7.29. The molecule has 0 unspecified atom stereocenters. The number of esters is 2. The van der Waals surface area contributed by atoms with Crippen LogP contribution in [0.25, 0.3) is 0 Å². The van der Waals surface area contributed by atoms with Gasteiger partial charge in [0.25, 0.3) is 0 Å². The quantitative estimate of drug-likeness (QED) is 0.260. The number of ether oxygens (including phenoxy) is 5. The van der Waals surface area contributed by atoms with Crippen molar-refractivity contribution in [2.75, 3.05) is 21.3 Å². The molecule has 0 spiro atoms. The molecule has 43 heavy (non-hydrogen) atoms. The minimum Gasteiger partial charge on any atom is -0.508 e. The Morgan fingerprint density at radius 1 is 0.581 bits per heavy atom. The molecule has 222 valence electrons. The lowest BCUT2D eigenvalue weighted by molar-refractivity contribution is 0.0258. The first-order valence-corrected chi connectivity index (χ1v) is 13.3. The van der Waals surface area contributed by atoms with Gasteiger partial charge in [0, 0.05) is 25.0 Å². The number of cyclic esters (lactones) is 2. The predicted molar refractivity (Wildman–Crippen MR) is 154 cm³/mol. The summed E-state index contributed by atoms with van der Waals surface area (Å²) in [4.78, 5) is 27.6. The molecule has 3 N–H and O–H groups in total. The summed E-state index contributed by atoms with van der Waals surface area (Å²) in [6.45, 7) is 0.